The fraction of sp³-hybridized carbons (Fsp3) is 0.350. The fourth-order valence-electron chi connectivity index (χ4n) is 2.77. The normalized spacial score (nSPS) is 10.1. The Kier molecular flexibility index (Phi) is 8.42. The molecule has 0 saturated heterocycles. The molecule has 124 valence electrons. The first kappa shape index (κ1) is 19.2. The zero-order chi connectivity index (χ0) is 15.8. The number of hydrogen-bond acceptors (Lipinski definition) is 1. The van der Waals surface area contributed by atoms with Gasteiger partial charge in [-0.1, -0.05) is 75.1 Å². The summed E-state index contributed by atoms with van der Waals surface area (Å²) in [6.07, 6.45) is 7.48. The molecule has 23 heavy (non-hydrogen) atoms. The first-order valence-electron chi connectivity index (χ1n) is 8.25. The highest BCUT2D eigenvalue weighted by molar-refractivity contribution is 6.01. The van der Waals surface area contributed by atoms with Crippen molar-refractivity contribution >= 4 is 18.2 Å². The van der Waals surface area contributed by atoms with Crippen molar-refractivity contribution in [1.29, 1.82) is 5.41 Å². The van der Waals surface area contributed by atoms with E-state index in [2.05, 4.69) is 37.3 Å². The molecule has 0 fully saturated rings. The number of hydrogen-bond donors (Lipinski definition) is 2. The Morgan fingerprint density at radius 3 is 2.30 bits per heavy atom. The molecule has 0 bridgehead atoms. The predicted octanol–water partition coefficient (Wildman–Crippen LogP) is 5.57. The highest BCUT2D eigenvalue weighted by Gasteiger charge is 2.08. The van der Waals surface area contributed by atoms with Crippen LogP contribution in [0.2, 0.25) is 0 Å². The van der Waals surface area contributed by atoms with Crippen molar-refractivity contribution in [3.8, 4) is 11.1 Å². The molecule has 0 radical (unpaired) electrons. The number of halogens is 1. The lowest BCUT2D eigenvalue weighted by atomic mass is 9.95. The van der Waals surface area contributed by atoms with E-state index >= 15 is 0 Å². The molecule has 0 aliphatic heterocycles. The largest absolute Gasteiger partial charge is 0.384 e. The Morgan fingerprint density at radius 2 is 1.65 bits per heavy atom. The molecule has 0 heterocycles. The van der Waals surface area contributed by atoms with E-state index < -0.39 is 0 Å². The maximum absolute atomic E-state index is 7.87. The third-order valence-corrected chi connectivity index (χ3v) is 4.03. The average molecular weight is 331 g/mol. The number of amidine groups is 1. The molecule has 0 aliphatic rings. The van der Waals surface area contributed by atoms with Crippen molar-refractivity contribution in [3.05, 3.63) is 59.7 Å². The van der Waals surface area contributed by atoms with Crippen molar-refractivity contribution < 1.29 is 0 Å². The summed E-state index contributed by atoms with van der Waals surface area (Å²) in [5.74, 6) is 0.145. The Hall–Kier alpha value is -1.80. The lowest BCUT2D eigenvalue weighted by molar-refractivity contribution is 0.632. The molecule has 0 unspecified atom stereocenters. The number of aryl methyl sites for hydroxylation is 1. The van der Waals surface area contributed by atoms with Gasteiger partial charge in [-0.3, -0.25) is 5.41 Å². The summed E-state index contributed by atoms with van der Waals surface area (Å²) in [5.41, 5.74) is 10.1. The first-order valence-corrected chi connectivity index (χ1v) is 8.25. The second-order valence-corrected chi connectivity index (χ2v) is 5.82. The molecule has 3 heteroatoms. The van der Waals surface area contributed by atoms with Crippen LogP contribution in [0.3, 0.4) is 0 Å². The van der Waals surface area contributed by atoms with Gasteiger partial charge in [-0.05, 0) is 35.6 Å². The molecular formula is C20H27ClN2. The lowest BCUT2D eigenvalue weighted by Gasteiger charge is -2.11. The maximum Gasteiger partial charge on any atom is 0.123 e. The number of benzene rings is 2. The van der Waals surface area contributed by atoms with E-state index in [-0.39, 0.29) is 18.2 Å². The molecule has 0 amide bonds. The van der Waals surface area contributed by atoms with E-state index in [1.807, 2.05) is 18.2 Å². The van der Waals surface area contributed by atoms with Crippen LogP contribution in [0.15, 0.2) is 48.5 Å². The van der Waals surface area contributed by atoms with Crippen LogP contribution < -0.4 is 5.73 Å². The molecule has 0 aromatic heterocycles. The summed E-state index contributed by atoms with van der Waals surface area (Å²) in [5, 5.41) is 7.87. The minimum Gasteiger partial charge on any atom is -0.384 e. The minimum atomic E-state index is 0. The Balaban J connectivity index is 0.00000264. The van der Waals surface area contributed by atoms with E-state index in [0.29, 0.717) is 0 Å². The van der Waals surface area contributed by atoms with Gasteiger partial charge in [-0.15, -0.1) is 12.4 Å². The van der Waals surface area contributed by atoms with Gasteiger partial charge in [0.05, 0.1) is 0 Å². The van der Waals surface area contributed by atoms with Gasteiger partial charge in [-0.2, -0.15) is 0 Å². The van der Waals surface area contributed by atoms with Crippen molar-refractivity contribution in [1.82, 2.24) is 0 Å². The summed E-state index contributed by atoms with van der Waals surface area (Å²) in [7, 11) is 0. The van der Waals surface area contributed by atoms with Crippen LogP contribution in [-0.4, -0.2) is 5.84 Å². The van der Waals surface area contributed by atoms with Gasteiger partial charge in [0.15, 0.2) is 0 Å². The fourth-order valence-corrected chi connectivity index (χ4v) is 2.77. The number of nitrogens with two attached hydrogens (primary N) is 1. The molecule has 0 atom stereocenters. The predicted molar refractivity (Wildman–Crippen MR) is 103 cm³/mol. The monoisotopic (exact) mass is 330 g/mol. The second kappa shape index (κ2) is 10.1. The third kappa shape index (κ3) is 5.72. The van der Waals surface area contributed by atoms with Crippen molar-refractivity contribution in [2.24, 2.45) is 5.73 Å². The summed E-state index contributed by atoms with van der Waals surface area (Å²) in [6, 6.07) is 16.5. The van der Waals surface area contributed by atoms with Crippen molar-refractivity contribution in [3.63, 3.8) is 0 Å². The van der Waals surface area contributed by atoms with Crippen LogP contribution in [0.4, 0.5) is 0 Å². The van der Waals surface area contributed by atoms with Gasteiger partial charge in [0.1, 0.15) is 5.84 Å². The molecule has 2 nitrogen and oxygen atoms in total. The number of nitrogens with one attached hydrogen (secondary N) is 1. The SMILES string of the molecule is CCCCCCCc1ccc(-c2ccccc2)c(C(=N)N)c1.Cl. The molecule has 0 aliphatic carbocycles. The van der Waals surface area contributed by atoms with E-state index in [0.717, 1.165) is 23.1 Å². The summed E-state index contributed by atoms with van der Waals surface area (Å²) in [4.78, 5) is 0. The Morgan fingerprint density at radius 1 is 0.957 bits per heavy atom. The first-order chi connectivity index (χ1) is 10.7. The van der Waals surface area contributed by atoms with E-state index in [9.17, 15) is 0 Å². The van der Waals surface area contributed by atoms with Crippen LogP contribution in [0.1, 0.15) is 50.2 Å². The minimum absolute atomic E-state index is 0. The highest BCUT2D eigenvalue weighted by Crippen LogP contribution is 2.25. The third-order valence-electron chi connectivity index (χ3n) is 4.03. The number of rotatable bonds is 8. The van der Waals surface area contributed by atoms with Gasteiger partial charge in [0.25, 0.3) is 0 Å². The second-order valence-electron chi connectivity index (χ2n) is 5.82. The zero-order valence-corrected chi connectivity index (χ0v) is 14.7. The van der Waals surface area contributed by atoms with Gasteiger partial charge < -0.3 is 5.73 Å². The summed E-state index contributed by atoms with van der Waals surface area (Å²) >= 11 is 0. The van der Waals surface area contributed by atoms with E-state index in [4.69, 9.17) is 11.1 Å². The molecule has 2 aromatic carbocycles. The number of unbranched alkanes of at least 4 members (excludes halogenated alkanes) is 4. The van der Waals surface area contributed by atoms with E-state index in [1.54, 1.807) is 0 Å². The highest BCUT2D eigenvalue weighted by atomic mass is 35.5. The van der Waals surface area contributed by atoms with Crippen molar-refractivity contribution in [2.75, 3.05) is 0 Å². The van der Waals surface area contributed by atoms with Gasteiger partial charge in [0.2, 0.25) is 0 Å². The molecule has 2 rings (SSSR count). The summed E-state index contributed by atoms with van der Waals surface area (Å²) < 4.78 is 0. The van der Waals surface area contributed by atoms with E-state index in [1.165, 1.54) is 37.7 Å². The zero-order valence-electron chi connectivity index (χ0n) is 13.8. The van der Waals surface area contributed by atoms with Crippen LogP contribution in [-0.2, 0) is 6.42 Å². The van der Waals surface area contributed by atoms with Crippen molar-refractivity contribution in [2.45, 2.75) is 45.4 Å². The quantitative estimate of drug-likeness (QED) is 0.371. The van der Waals surface area contributed by atoms with Gasteiger partial charge in [0, 0.05) is 5.56 Å². The summed E-state index contributed by atoms with van der Waals surface area (Å²) in [6.45, 7) is 2.24. The molecule has 0 spiro atoms. The lowest BCUT2D eigenvalue weighted by Crippen LogP contribution is -2.13. The standard InChI is InChI=1S/C20H26N2.ClH/c1-2-3-4-5-7-10-16-13-14-18(19(15-16)20(21)22)17-11-8-6-9-12-17;/h6,8-9,11-15H,2-5,7,10H2,1H3,(H3,21,22);1H. The van der Waals surface area contributed by atoms with Crippen LogP contribution in [0.25, 0.3) is 11.1 Å². The van der Waals surface area contributed by atoms with Crippen LogP contribution >= 0.6 is 12.4 Å². The molecule has 0 saturated carbocycles. The average Bonchev–Trinajstić information content (AvgIpc) is 2.55. The smallest absolute Gasteiger partial charge is 0.123 e. The maximum atomic E-state index is 7.87. The molecular weight excluding hydrogens is 304 g/mol. The Labute approximate surface area is 146 Å². The van der Waals surface area contributed by atoms with Gasteiger partial charge >= 0.3 is 0 Å². The molecule has 2 aromatic rings. The van der Waals surface area contributed by atoms with Gasteiger partial charge in [-0.25, -0.2) is 0 Å². The Bertz CT molecular complexity index is 608. The van der Waals surface area contributed by atoms with Crippen LogP contribution in [0.5, 0.6) is 0 Å². The molecule has 3 N–H and O–H groups in total. The number of nitrogen functional groups attached to an aromatic ring is 1. The van der Waals surface area contributed by atoms with Crippen LogP contribution in [0, 0.1) is 5.41 Å². The topological polar surface area (TPSA) is 49.9 Å².